The molecule has 0 aliphatic rings. The first-order valence-corrected chi connectivity index (χ1v) is 5.19. The number of carbonyl (C=O) groups excluding carboxylic acids is 1. The highest BCUT2D eigenvalue weighted by molar-refractivity contribution is 5.98. The van der Waals surface area contributed by atoms with Crippen molar-refractivity contribution in [1.29, 1.82) is 0 Å². The minimum absolute atomic E-state index is 0.0664. The summed E-state index contributed by atoms with van der Waals surface area (Å²) in [4.78, 5) is 21.5. The van der Waals surface area contributed by atoms with E-state index in [9.17, 15) is 14.9 Å². The molecule has 0 aromatic heterocycles. The molecule has 0 heterocycles. The van der Waals surface area contributed by atoms with Gasteiger partial charge in [0.25, 0.3) is 5.69 Å². The number of nitro groups is 1. The average Bonchev–Trinajstić information content (AvgIpc) is 2.14. The molecule has 1 rings (SSSR count). The zero-order chi connectivity index (χ0) is 13.2. The molecule has 5 heteroatoms. The Hall–Kier alpha value is -1.91. The van der Waals surface area contributed by atoms with Crippen molar-refractivity contribution in [3.05, 3.63) is 33.9 Å². The lowest BCUT2D eigenvalue weighted by atomic mass is 10.1. The van der Waals surface area contributed by atoms with Crippen molar-refractivity contribution in [2.75, 3.05) is 0 Å². The maximum Gasteiger partial charge on any atom is 0.280 e. The van der Waals surface area contributed by atoms with Crippen LogP contribution in [0.4, 0.5) is 5.69 Å². The van der Waals surface area contributed by atoms with Crippen molar-refractivity contribution in [2.24, 2.45) is 0 Å². The maximum absolute atomic E-state index is 11.3. The Balaban J connectivity index is 3.19. The molecule has 1 aromatic carbocycles. The number of hydrogen-bond acceptors (Lipinski definition) is 4. The monoisotopic (exact) mass is 237 g/mol. The maximum atomic E-state index is 11.3. The largest absolute Gasteiger partial charge is 0.488 e. The zero-order valence-corrected chi connectivity index (χ0v) is 10.3. The molecule has 0 saturated heterocycles. The molecule has 92 valence electrons. The topological polar surface area (TPSA) is 69.4 Å². The van der Waals surface area contributed by atoms with Crippen LogP contribution in [0.5, 0.6) is 5.75 Å². The van der Waals surface area contributed by atoms with Gasteiger partial charge < -0.3 is 4.74 Å². The minimum Gasteiger partial charge on any atom is -0.488 e. The Kier molecular flexibility index (Phi) is 3.50. The van der Waals surface area contributed by atoms with Gasteiger partial charge >= 0.3 is 0 Å². The fourth-order valence-corrected chi connectivity index (χ4v) is 1.37. The van der Waals surface area contributed by atoms with Crippen LogP contribution >= 0.6 is 0 Å². The van der Waals surface area contributed by atoms with Crippen molar-refractivity contribution in [3.8, 4) is 5.75 Å². The predicted octanol–water partition coefficient (Wildman–Crippen LogP) is 2.97. The van der Waals surface area contributed by atoms with Crippen LogP contribution in [-0.4, -0.2) is 16.3 Å². The van der Waals surface area contributed by atoms with Crippen LogP contribution in [0.3, 0.4) is 0 Å². The molecule has 0 radical (unpaired) electrons. The molecule has 0 spiro atoms. The van der Waals surface area contributed by atoms with Gasteiger partial charge in [0.2, 0.25) is 0 Å². The third kappa shape index (κ3) is 3.55. The summed E-state index contributed by atoms with van der Waals surface area (Å²) in [5.74, 6) is 0.101. The van der Waals surface area contributed by atoms with E-state index in [4.69, 9.17) is 4.74 Å². The molecule has 0 bridgehead atoms. The van der Waals surface area contributed by atoms with E-state index in [0.717, 1.165) is 0 Å². The van der Waals surface area contributed by atoms with E-state index < -0.39 is 10.5 Å². The van der Waals surface area contributed by atoms with Gasteiger partial charge in [0.15, 0.2) is 5.78 Å². The van der Waals surface area contributed by atoms with Gasteiger partial charge in [0.05, 0.1) is 10.5 Å². The number of ether oxygens (including phenoxy) is 1. The quantitative estimate of drug-likeness (QED) is 0.460. The lowest BCUT2D eigenvalue weighted by molar-refractivity contribution is -0.385. The van der Waals surface area contributed by atoms with Gasteiger partial charge in [0, 0.05) is 6.07 Å². The normalized spacial score (nSPS) is 11.1. The van der Waals surface area contributed by atoms with Gasteiger partial charge in [-0.15, -0.1) is 0 Å². The molecule has 17 heavy (non-hydrogen) atoms. The Morgan fingerprint density at radius 3 is 2.35 bits per heavy atom. The number of carbonyl (C=O) groups is 1. The molecular formula is C12H15NO4. The highest BCUT2D eigenvalue weighted by Gasteiger charge is 2.20. The van der Waals surface area contributed by atoms with Gasteiger partial charge in [-0.3, -0.25) is 14.9 Å². The molecule has 1 aromatic rings. The second-order valence-corrected chi connectivity index (χ2v) is 4.71. The summed E-state index contributed by atoms with van der Waals surface area (Å²) in [7, 11) is 0. The van der Waals surface area contributed by atoms with E-state index in [-0.39, 0.29) is 17.0 Å². The smallest absolute Gasteiger partial charge is 0.280 e. The first kappa shape index (κ1) is 13.2. The van der Waals surface area contributed by atoms with Crippen molar-refractivity contribution in [1.82, 2.24) is 0 Å². The van der Waals surface area contributed by atoms with Crippen LogP contribution < -0.4 is 4.74 Å². The molecule has 0 aliphatic carbocycles. The molecule has 0 unspecified atom stereocenters. The number of nitro benzene ring substituents is 1. The summed E-state index contributed by atoms with van der Waals surface area (Å²) in [6.07, 6.45) is 0. The molecule has 0 aliphatic heterocycles. The summed E-state index contributed by atoms with van der Waals surface area (Å²) >= 11 is 0. The van der Waals surface area contributed by atoms with Crippen LogP contribution in [0.15, 0.2) is 18.2 Å². The Morgan fingerprint density at radius 2 is 1.94 bits per heavy atom. The van der Waals surface area contributed by atoms with Crippen molar-refractivity contribution in [3.63, 3.8) is 0 Å². The van der Waals surface area contributed by atoms with Crippen LogP contribution in [0.1, 0.15) is 38.1 Å². The predicted molar refractivity (Wildman–Crippen MR) is 63.5 cm³/mol. The van der Waals surface area contributed by atoms with Crippen LogP contribution in [0.2, 0.25) is 0 Å². The zero-order valence-electron chi connectivity index (χ0n) is 10.3. The molecule has 5 nitrogen and oxygen atoms in total. The van der Waals surface area contributed by atoms with E-state index in [1.54, 1.807) is 0 Å². The van der Waals surface area contributed by atoms with Crippen molar-refractivity contribution < 1.29 is 14.5 Å². The number of rotatable bonds is 3. The molecule has 0 amide bonds. The molecule has 0 fully saturated rings. The highest BCUT2D eigenvalue weighted by Crippen LogP contribution is 2.26. The van der Waals surface area contributed by atoms with E-state index in [1.807, 2.05) is 20.8 Å². The third-order valence-electron chi connectivity index (χ3n) is 1.97. The summed E-state index contributed by atoms with van der Waals surface area (Å²) in [6, 6.07) is 4.19. The van der Waals surface area contributed by atoms with Gasteiger partial charge in [-0.05, 0) is 39.8 Å². The van der Waals surface area contributed by atoms with Crippen molar-refractivity contribution in [2.45, 2.75) is 33.3 Å². The molecule has 0 saturated carbocycles. The van der Waals surface area contributed by atoms with Gasteiger partial charge in [-0.25, -0.2) is 0 Å². The SMILES string of the molecule is CC(=O)c1cc(OC(C)(C)C)ccc1[N+](=O)[O-]. The first-order valence-electron chi connectivity index (χ1n) is 5.19. The highest BCUT2D eigenvalue weighted by atomic mass is 16.6. The summed E-state index contributed by atoms with van der Waals surface area (Å²) < 4.78 is 5.55. The van der Waals surface area contributed by atoms with Gasteiger partial charge in [0.1, 0.15) is 11.4 Å². The number of ketones is 1. The van der Waals surface area contributed by atoms with Crippen LogP contribution in [0.25, 0.3) is 0 Å². The fourth-order valence-electron chi connectivity index (χ4n) is 1.37. The standard InChI is InChI=1S/C12H15NO4/c1-8(14)10-7-9(17-12(2,3)4)5-6-11(10)13(15)16/h5-7H,1-4H3. The van der Waals surface area contributed by atoms with Crippen molar-refractivity contribution >= 4 is 11.5 Å². The second kappa shape index (κ2) is 4.53. The average molecular weight is 237 g/mol. The third-order valence-corrected chi connectivity index (χ3v) is 1.97. The minimum atomic E-state index is -0.572. The van der Waals surface area contributed by atoms with E-state index in [2.05, 4.69) is 0 Å². The Morgan fingerprint density at radius 1 is 1.35 bits per heavy atom. The molecular weight excluding hydrogens is 222 g/mol. The number of hydrogen-bond donors (Lipinski definition) is 0. The number of benzene rings is 1. The van der Waals surface area contributed by atoms with Gasteiger partial charge in [-0.2, -0.15) is 0 Å². The Labute approximate surface area is 99.5 Å². The Bertz CT molecular complexity index is 460. The van der Waals surface area contributed by atoms with Crippen LogP contribution in [0, 0.1) is 10.1 Å². The van der Waals surface area contributed by atoms with E-state index in [0.29, 0.717) is 5.75 Å². The summed E-state index contributed by atoms with van der Waals surface area (Å²) in [6.45, 7) is 6.88. The number of nitrogens with zero attached hydrogens (tertiary/aromatic N) is 1. The summed E-state index contributed by atoms with van der Waals surface area (Å²) in [5.41, 5.74) is -0.542. The van der Waals surface area contributed by atoms with Crippen LogP contribution in [-0.2, 0) is 0 Å². The second-order valence-electron chi connectivity index (χ2n) is 4.71. The first-order chi connectivity index (χ1) is 7.70. The molecule has 0 N–H and O–H groups in total. The van der Waals surface area contributed by atoms with Gasteiger partial charge in [-0.1, -0.05) is 0 Å². The lowest BCUT2D eigenvalue weighted by Crippen LogP contribution is -2.23. The van der Waals surface area contributed by atoms with E-state index in [1.165, 1.54) is 25.1 Å². The number of Topliss-reactive ketones (excluding diaryl/α,β-unsaturated/α-hetero) is 1. The lowest BCUT2D eigenvalue weighted by Gasteiger charge is -2.21. The van der Waals surface area contributed by atoms with E-state index >= 15 is 0 Å². The summed E-state index contributed by atoms with van der Waals surface area (Å²) in [5, 5.41) is 10.7. The molecule has 0 atom stereocenters. The fraction of sp³-hybridized carbons (Fsp3) is 0.417.